The van der Waals surface area contributed by atoms with Crippen LogP contribution >= 0.6 is 0 Å². The average Bonchev–Trinajstić information content (AvgIpc) is 2.77. The molecule has 2 aromatic rings. The van der Waals surface area contributed by atoms with Gasteiger partial charge in [-0.1, -0.05) is 32.3 Å². The van der Waals surface area contributed by atoms with E-state index < -0.39 is 11.8 Å². The summed E-state index contributed by atoms with van der Waals surface area (Å²) in [6, 6.07) is 6.45. The van der Waals surface area contributed by atoms with Crippen molar-refractivity contribution < 1.29 is 14.0 Å². The molecule has 0 aliphatic heterocycles. The molecule has 1 heterocycles. The number of aromatic nitrogens is 1. The third-order valence-corrected chi connectivity index (χ3v) is 6.64. The lowest BCUT2D eigenvalue weighted by Gasteiger charge is -2.33. The minimum atomic E-state index is -0.610. The Morgan fingerprint density at radius 2 is 1.78 bits per heavy atom. The van der Waals surface area contributed by atoms with Crippen molar-refractivity contribution >= 4 is 23.0 Å². The van der Waals surface area contributed by atoms with Crippen LogP contribution in [0.15, 0.2) is 30.5 Å². The Morgan fingerprint density at radius 3 is 2.31 bits per heavy atom. The molecule has 1 aliphatic carbocycles. The number of benzene rings is 1. The second-order valence-electron chi connectivity index (χ2n) is 8.78. The molecule has 0 saturated heterocycles. The molecule has 0 spiro atoms. The summed E-state index contributed by atoms with van der Waals surface area (Å²) in [5, 5.41) is 0. The normalized spacial score (nSPS) is 16.4. The van der Waals surface area contributed by atoms with Gasteiger partial charge in [0, 0.05) is 6.20 Å². The zero-order valence-corrected chi connectivity index (χ0v) is 19.1. The summed E-state index contributed by atoms with van der Waals surface area (Å²) in [7, 11) is 0. The van der Waals surface area contributed by atoms with Crippen molar-refractivity contribution in [2.24, 2.45) is 23.3 Å². The summed E-state index contributed by atoms with van der Waals surface area (Å²) >= 11 is 0. The first-order valence-electron chi connectivity index (χ1n) is 11.3. The quantitative estimate of drug-likeness (QED) is 0.600. The van der Waals surface area contributed by atoms with E-state index in [4.69, 9.17) is 11.5 Å². The van der Waals surface area contributed by atoms with Crippen LogP contribution in [0, 0.1) is 31.5 Å². The molecule has 1 saturated carbocycles. The maximum atomic E-state index is 14.6. The van der Waals surface area contributed by atoms with E-state index in [1.54, 1.807) is 25.1 Å². The average molecular weight is 438 g/mol. The predicted octanol–water partition coefficient (Wildman–Crippen LogP) is 4.94. The number of halogens is 1. The fourth-order valence-corrected chi connectivity index (χ4v) is 5.02. The Balaban J connectivity index is 2.31. The highest BCUT2D eigenvalue weighted by molar-refractivity contribution is 6.26. The molecule has 1 aromatic carbocycles. The van der Waals surface area contributed by atoms with Gasteiger partial charge in [0.05, 0.1) is 16.8 Å². The number of carbonyl (C=O) groups is 2. The molecule has 0 bridgehead atoms. The first-order valence-corrected chi connectivity index (χ1v) is 11.3. The largest absolute Gasteiger partial charge is 0.366 e. The second kappa shape index (κ2) is 10.1. The van der Waals surface area contributed by atoms with Gasteiger partial charge in [0.25, 0.3) is 0 Å². The number of nitrogens with zero attached hydrogens (tertiary/aromatic N) is 1. The molecule has 1 fully saturated rings. The molecular formula is C26H32FN3O2. The minimum Gasteiger partial charge on any atom is -0.366 e. The third-order valence-electron chi connectivity index (χ3n) is 6.64. The maximum Gasteiger partial charge on any atom is 0.250 e. The number of hydrogen-bond donors (Lipinski definition) is 2. The fourth-order valence-electron chi connectivity index (χ4n) is 5.02. The Morgan fingerprint density at radius 1 is 1.09 bits per heavy atom. The Labute approximate surface area is 189 Å². The Kier molecular flexibility index (Phi) is 7.44. The Hall–Kier alpha value is -3.02. The second-order valence-corrected chi connectivity index (χ2v) is 8.78. The van der Waals surface area contributed by atoms with Crippen molar-refractivity contribution in [1.82, 2.24) is 4.98 Å². The molecule has 1 atom stereocenters. The van der Waals surface area contributed by atoms with Crippen molar-refractivity contribution in [3.05, 3.63) is 64.2 Å². The molecule has 6 heteroatoms. The van der Waals surface area contributed by atoms with E-state index in [-0.39, 0.29) is 17.3 Å². The van der Waals surface area contributed by atoms with E-state index in [0.29, 0.717) is 28.3 Å². The molecule has 32 heavy (non-hydrogen) atoms. The van der Waals surface area contributed by atoms with Crippen LogP contribution in [0.25, 0.3) is 11.1 Å². The zero-order valence-electron chi connectivity index (χ0n) is 19.1. The number of allylic oxidation sites excluding steroid dienone is 1. The standard InChI is InChI=1S/C26H32FN3O2/c1-4-19(17-8-6-5-7-9-17)23(22-11-10-18(14-30-22)25(28)31)24(26(29)32)20-13-21(27)16(3)12-15(20)2/h10-14,17,19H,4-9H2,1-3H3,(H2,28,31)(H2,29,32). The first-order chi connectivity index (χ1) is 15.2. The molecule has 4 N–H and O–H groups in total. The lowest BCUT2D eigenvalue weighted by molar-refractivity contribution is -0.112. The van der Waals surface area contributed by atoms with E-state index >= 15 is 0 Å². The van der Waals surface area contributed by atoms with Gasteiger partial charge in [-0.3, -0.25) is 14.6 Å². The number of carbonyl (C=O) groups excluding carboxylic acids is 2. The van der Waals surface area contributed by atoms with Crippen LogP contribution in [0.4, 0.5) is 4.39 Å². The van der Waals surface area contributed by atoms with E-state index in [1.165, 1.54) is 18.7 Å². The first kappa shape index (κ1) is 23.6. The van der Waals surface area contributed by atoms with E-state index in [0.717, 1.165) is 43.2 Å². The number of primary amides is 2. The van der Waals surface area contributed by atoms with Crippen molar-refractivity contribution in [3.63, 3.8) is 0 Å². The number of amides is 2. The SMILES string of the molecule is CCC(C(=C(C(N)=O)c1cc(F)c(C)cc1C)c1ccc(C(N)=O)cn1)C1CCCCC1. The highest BCUT2D eigenvalue weighted by Crippen LogP contribution is 2.43. The van der Waals surface area contributed by atoms with Crippen molar-refractivity contribution in [2.75, 3.05) is 0 Å². The fraction of sp³-hybridized carbons (Fsp3) is 0.423. The third kappa shape index (κ3) is 4.90. The number of aryl methyl sites for hydroxylation is 2. The molecule has 0 radical (unpaired) electrons. The minimum absolute atomic E-state index is 0.0356. The number of pyridine rings is 1. The molecule has 3 rings (SSSR count). The topological polar surface area (TPSA) is 99.1 Å². The lowest BCUT2D eigenvalue weighted by Crippen LogP contribution is -2.24. The summed E-state index contributed by atoms with van der Waals surface area (Å²) < 4.78 is 14.6. The molecule has 1 aliphatic rings. The molecule has 1 aromatic heterocycles. The maximum absolute atomic E-state index is 14.6. The van der Waals surface area contributed by atoms with Gasteiger partial charge in [0.15, 0.2) is 0 Å². The van der Waals surface area contributed by atoms with Crippen LogP contribution in [0.2, 0.25) is 0 Å². The van der Waals surface area contributed by atoms with Gasteiger partial charge in [-0.15, -0.1) is 0 Å². The van der Waals surface area contributed by atoms with Gasteiger partial charge in [0.2, 0.25) is 11.8 Å². The highest BCUT2D eigenvalue weighted by Gasteiger charge is 2.31. The van der Waals surface area contributed by atoms with Gasteiger partial charge in [0.1, 0.15) is 5.82 Å². The van der Waals surface area contributed by atoms with Crippen LogP contribution < -0.4 is 11.5 Å². The van der Waals surface area contributed by atoms with E-state index in [1.807, 2.05) is 6.92 Å². The van der Waals surface area contributed by atoms with Crippen molar-refractivity contribution in [3.8, 4) is 0 Å². The molecule has 1 unspecified atom stereocenters. The number of hydrogen-bond acceptors (Lipinski definition) is 3. The zero-order chi connectivity index (χ0) is 23.4. The van der Waals surface area contributed by atoms with E-state index in [2.05, 4.69) is 11.9 Å². The number of rotatable bonds is 7. The highest BCUT2D eigenvalue weighted by atomic mass is 19.1. The Bertz CT molecular complexity index is 1040. The summed E-state index contributed by atoms with van der Waals surface area (Å²) in [6.07, 6.45) is 7.85. The summed E-state index contributed by atoms with van der Waals surface area (Å²) in [5.74, 6) is -1.15. The molecule has 170 valence electrons. The van der Waals surface area contributed by atoms with Crippen LogP contribution in [0.3, 0.4) is 0 Å². The summed E-state index contributed by atoms with van der Waals surface area (Å²) in [5.41, 5.74) is 15.0. The van der Waals surface area contributed by atoms with Crippen LogP contribution in [0.1, 0.15) is 78.2 Å². The van der Waals surface area contributed by atoms with Crippen LogP contribution in [-0.4, -0.2) is 16.8 Å². The van der Waals surface area contributed by atoms with Gasteiger partial charge >= 0.3 is 0 Å². The summed E-state index contributed by atoms with van der Waals surface area (Å²) in [4.78, 5) is 28.9. The van der Waals surface area contributed by atoms with Gasteiger partial charge in [-0.2, -0.15) is 0 Å². The molecule has 5 nitrogen and oxygen atoms in total. The van der Waals surface area contributed by atoms with Crippen LogP contribution in [-0.2, 0) is 4.79 Å². The van der Waals surface area contributed by atoms with Crippen LogP contribution in [0.5, 0.6) is 0 Å². The van der Waals surface area contributed by atoms with Gasteiger partial charge in [-0.05, 0) is 85.4 Å². The van der Waals surface area contributed by atoms with Crippen molar-refractivity contribution in [1.29, 1.82) is 0 Å². The number of nitrogens with two attached hydrogens (primary N) is 2. The summed E-state index contributed by atoms with van der Waals surface area (Å²) in [6.45, 7) is 5.65. The molecular weight excluding hydrogens is 405 g/mol. The van der Waals surface area contributed by atoms with Gasteiger partial charge < -0.3 is 11.5 Å². The predicted molar refractivity (Wildman–Crippen MR) is 125 cm³/mol. The monoisotopic (exact) mass is 437 g/mol. The smallest absolute Gasteiger partial charge is 0.250 e. The van der Waals surface area contributed by atoms with E-state index in [9.17, 15) is 14.0 Å². The van der Waals surface area contributed by atoms with Crippen molar-refractivity contribution in [2.45, 2.75) is 59.3 Å². The van der Waals surface area contributed by atoms with Gasteiger partial charge in [-0.25, -0.2) is 4.39 Å². The lowest BCUT2D eigenvalue weighted by atomic mass is 9.72. The molecule has 2 amide bonds.